The first-order valence-electron chi connectivity index (χ1n) is 8.00. The number of halogens is 1. The van der Waals surface area contributed by atoms with Crippen molar-refractivity contribution in [1.29, 1.82) is 0 Å². The second-order valence-electron chi connectivity index (χ2n) is 6.01. The Balaban J connectivity index is 1.49. The van der Waals surface area contributed by atoms with Crippen molar-refractivity contribution in [3.05, 3.63) is 59.4 Å². The third-order valence-electron chi connectivity index (χ3n) is 3.87. The zero-order valence-electron chi connectivity index (χ0n) is 13.9. The highest BCUT2D eigenvalue weighted by molar-refractivity contribution is 7.13. The minimum atomic E-state index is -0.223. The van der Waals surface area contributed by atoms with Crippen molar-refractivity contribution in [2.24, 2.45) is 5.92 Å². The van der Waals surface area contributed by atoms with Crippen LogP contribution in [0.15, 0.2) is 42.0 Å². The summed E-state index contributed by atoms with van der Waals surface area (Å²) in [5, 5.41) is 6.43. The van der Waals surface area contributed by atoms with Crippen molar-refractivity contribution in [2.45, 2.75) is 26.9 Å². The van der Waals surface area contributed by atoms with E-state index in [4.69, 9.17) is 0 Å². The highest BCUT2D eigenvalue weighted by Gasteiger charge is 2.07. The van der Waals surface area contributed by atoms with Crippen LogP contribution in [0, 0.1) is 18.7 Å². The molecule has 0 radical (unpaired) electrons. The van der Waals surface area contributed by atoms with Crippen LogP contribution in [0.3, 0.4) is 0 Å². The predicted molar refractivity (Wildman–Crippen MR) is 95.3 cm³/mol. The van der Waals surface area contributed by atoms with Crippen LogP contribution in [0.25, 0.3) is 10.6 Å². The van der Waals surface area contributed by atoms with Crippen LogP contribution in [0.1, 0.15) is 18.4 Å². The van der Waals surface area contributed by atoms with Gasteiger partial charge in [0.25, 0.3) is 0 Å². The van der Waals surface area contributed by atoms with Crippen molar-refractivity contribution in [2.75, 3.05) is 6.54 Å². The zero-order valence-corrected chi connectivity index (χ0v) is 14.7. The van der Waals surface area contributed by atoms with Crippen molar-refractivity contribution < 1.29 is 4.39 Å². The molecule has 0 bridgehead atoms. The Morgan fingerprint density at radius 1 is 1.29 bits per heavy atom. The lowest BCUT2D eigenvalue weighted by molar-refractivity contribution is 0.439. The quantitative estimate of drug-likeness (QED) is 0.707. The Hall–Kier alpha value is -2.05. The van der Waals surface area contributed by atoms with Crippen molar-refractivity contribution >= 4 is 11.3 Å². The van der Waals surface area contributed by atoms with E-state index in [2.05, 4.69) is 32.2 Å². The molecule has 0 aliphatic rings. The van der Waals surface area contributed by atoms with E-state index < -0.39 is 0 Å². The Kier molecular flexibility index (Phi) is 5.37. The summed E-state index contributed by atoms with van der Waals surface area (Å²) in [7, 11) is 0. The second kappa shape index (κ2) is 7.68. The molecule has 1 unspecified atom stereocenters. The molecule has 3 rings (SSSR count). The highest BCUT2D eigenvalue weighted by Crippen LogP contribution is 2.23. The molecule has 126 valence electrons. The maximum absolute atomic E-state index is 13.0. The Morgan fingerprint density at radius 2 is 2.08 bits per heavy atom. The van der Waals surface area contributed by atoms with Crippen molar-refractivity contribution in [1.82, 2.24) is 19.9 Å². The zero-order chi connectivity index (χ0) is 16.9. The lowest BCUT2D eigenvalue weighted by atomic mass is 10.2. The van der Waals surface area contributed by atoms with Crippen LogP contribution in [0.2, 0.25) is 0 Å². The van der Waals surface area contributed by atoms with Gasteiger partial charge in [-0.15, -0.1) is 11.3 Å². The van der Waals surface area contributed by atoms with Gasteiger partial charge >= 0.3 is 0 Å². The monoisotopic (exact) mass is 344 g/mol. The molecule has 0 aliphatic heterocycles. The maximum Gasteiger partial charge on any atom is 0.123 e. The average Bonchev–Trinajstić information content (AvgIpc) is 3.18. The van der Waals surface area contributed by atoms with Crippen LogP contribution in [0.4, 0.5) is 4.39 Å². The minimum Gasteiger partial charge on any atom is -0.335 e. The molecule has 2 heterocycles. The fourth-order valence-electron chi connectivity index (χ4n) is 2.56. The third kappa shape index (κ3) is 4.27. The molecular formula is C18H21FN4S. The van der Waals surface area contributed by atoms with Gasteiger partial charge in [-0.3, -0.25) is 0 Å². The molecule has 3 aromatic rings. The largest absolute Gasteiger partial charge is 0.335 e. The summed E-state index contributed by atoms with van der Waals surface area (Å²) in [6.07, 6.45) is 3.85. The summed E-state index contributed by atoms with van der Waals surface area (Å²) in [6, 6.07) is 6.46. The summed E-state index contributed by atoms with van der Waals surface area (Å²) in [4.78, 5) is 8.86. The molecule has 24 heavy (non-hydrogen) atoms. The maximum atomic E-state index is 13.0. The molecule has 4 nitrogen and oxygen atoms in total. The first-order valence-corrected chi connectivity index (χ1v) is 8.88. The molecule has 0 aliphatic carbocycles. The van der Waals surface area contributed by atoms with Crippen LogP contribution < -0.4 is 5.32 Å². The number of benzene rings is 1. The lowest BCUT2D eigenvalue weighted by Gasteiger charge is -2.13. The molecule has 1 atom stereocenters. The van der Waals surface area contributed by atoms with Gasteiger partial charge in [0.2, 0.25) is 0 Å². The standard InChI is InChI=1S/C18H21FN4S/c1-13(11-23-8-7-21-14(23)2)9-20-10-17-12-24-18(22-17)15-3-5-16(19)6-4-15/h3-8,12-13,20H,9-11H2,1-2H3. The normalized spacial score (nSPS) is 12.5. The fraction of sp³-hybridized carbons (Fsp3) is 0.333. The Bertz CT molecular complexity index is 778. The molecule has 1 aromatic carbocycles. The van der Waals surface area contributed by atoms with E-state index in [1.54, 1.807) is 23.5 Å². The van der Waals surface area contributed by atoms with Crippen molar-refractivity contribution in [3.8, 4) is 10.6 Å². The van der Waals surface area contributed by atoms with Crippen LogP contribution in [-0.4, -0.2) is 21.1 Å². The highest BCUT2D eigenvalue weighted by atomic mass is 32.1. The van der Waals surface area contributed by atoms with Crippen LogP contribution in [0.5, 0.6) is 0 Å². The summed E-state index contributed by atoms with van der Waals surface area (Å²) >= 11 is 1.59. The average molecular weight is 344 g/mol. The Morgan fingerprint density at radius 3 is 2.79 bits per heavy atom. The molecule has 0 saturated carbocycles. The SMILES string of the molecule is Cc1nccn1CC(C)CNCc1csc(-c2ccc(F)cc2)n1. The summed E-state index contributed by atoms with van der Waals surface area (Å²) in [5.74, 6) is 1.33. The molecule has 0 fully saturated rings. The topological polar surface area (TPSA) is 42.7 Å². The van der Waals surface area contributed by atoms with Crippen LogP contribution in [-0.2, 0) is 13.1 Å². The van der Waals surface area contributed by atoms with E-state index in [1.165, 1.54) is 12.1 Å². The summed E-state index contributed by atoms with van der Waals surface area (Å²) in [6.45, 7) is 6.85. The third-order valence-corrected chi connectivity index (χ3v) is 4.81. The first-order chi connectivity index (χ1) is 11.6. The van der Waals surface area contributed by atoms with E-state index >= 15 is 0 Å². The van der Waals surface area contributed by atoms with Gasteiger partial charge in [0, 0.05) is 36.4 Å². The molecule has 0 spiro atoms. The van der Waals surface area contributed by atoms with E-state index in [-0.39, 0.29) is 5.82 Å². The van der Waals surface area contributed by atoms with Gasteiger partial charge in [-0.2, -0.15) is 0 Å². The number of nitrogens with zero attached hydrogens (tertiary/aromatic N) is 3. The number of nitrogens with one attached hydrogen (secondary N) is 1. The number of rotatable bonds is 7. The smallest absolute Gasteiger partial charge is 0.123 e. The van der Waals surface area contributed by atoms with Crippen LogP contribution >= 0.6 is 11.3 Å². The van der Waals surface area contributed by atoms with Gasteiger partial charge in [-0.05, 0) is 43.7 Å². The molecule has 1 N–H and O–H groups in total. The van der Waals surface area contributed by atoms with E-state index in [0.29, 0.717) is 5.92 Å². The number of thiazole rings is 1. The number of hydrogen-bond acceptors (Lipinski definition) is 4. The number of imidazole rings is 1. The molecule has 2 aromatic heterocycles. The Labute approximate surface area is 145 Å². The van der Waals surface area contributed by atoms with Gasteiger partial charge in [-0.1, -0.05) is 6.92 Å². The van der Waals surface area contributed by atoms with E-state index in [1.807, 2.05) is 19.3 Å². The summed E-state index contributed by atoms with van der Waals surface area (Å²) in [5.41, 5.74) is 1.97. The lowest BCUT2D eigenvalue weighted by Crippen LogP contribution is -2.24. The number of hydrogen-bond donors (Lipinski definition) is 1. The molecular weight excluding hydrogens is 323 g/mol. The van der Waals surface area contributed by atoms with E-state index in [9.17, 15) is 4.39 Å². The van der Waals surface area contributed by atoms with Gasteiger partial charge in [0.1, 0.15) is 16.6 Å². The van der Waals surface area contributed by atoms with Crippen molar-refractivity contribution in [3.63, 3.8) is 0 Å². The molecule has 0 saturated heterocycles. The minimum absolute atomic E-state index is 0.223. The van der Waals surface area contributed by atoms with Gasteiger partial charge in [0.05, 0.1) is 5.69 Å². The van der Waals surface area contributed by atoms with Gasteiger partial charge < -0.3 is 9.88 Å². The number of aryl methyl sites for hydroxylation is 1. The predicted octanol–water partition coefficient (Wildman–Crippen LogP) is 3.88. The second-order valence-corrected chi connectivity index (χ2v) is 6.87. The molecule has 6 heteroatoms. The number of aromatic nitrogens is 3. The van der Waals surface area contributed by atoms with E-state index in [0.717, 1.165) is 41.7 Å². The molecule has 0 amide bonds. The summed E-state index contributed by atoms with van der Waals surface area (Å²) < 4.78 is 15.1. The van der Waals surface area contributed by atoms with Gasteiger partial charge in [-0.25, -0.2) is 14.4 Å². The van der Waals surface area contributed by atoms with Gasteiger partial charge in [0.15, 0.2) is 0 Å². The fourth-order valence-corrected chi connectivity index (χ4v) is 3.38. The first kappa shape index (κ1) is 16.8.